The highest BCUT2D eigenvalue weighted by atomic mass is 14.9. The quantitative estimate of drug-likeness (QED) is 0.779. The van der Waals surface area contributed by atoms with Gasteiger partial charge in [0.25, 0.3) is 0 Å². The lowest BCUT2D eigenvalue weighted by atomic mass is 9.94. The Morgan fingerprint density at radius 1 is 1.28 bits per heavy atom. The molecule has 0 radical (unpaired) electrons. The lowest BCUT2D eigenvalue weighted by Gasteiger charge is -2.19. The minimum Gasteiger partial charge on any atom is -0.313 e. The third-order valence-electron chi connectivity index (χ3n) is 4.45. The van der Waals surface area contributed by atoms with Crippen LogP contribution in [0.25, 0.3) is 0 Å². The van der Waals surface area contributed by atoms with E-state index in [4.69, 9.17) is 0 Å². The maximum absolute atomic E-state index is 3.49. The maximum atomic E-state index is 3.49. The highest BCUT2D eigenvalue weighted by Gasteiger charge is 2.17. The molecule has 0 aliphatic heterocycles. The lowest BCUT2D eigenvalue weighted by molar-refractivity contribution is 0.427. The molecule has 1 aliphatic carbocycles. The van der Waals surface area contributed by atoms with Crippen LogP contribution in [0.3, 0.4) is 0 Å². The average molecular weight is 245 g/mol. The zero-order valence-corrected chi connectivity index (χ0v) is 11.9. The first-order valence-corrected chi connectivity index (χ1v) is 7.59. The van der Waals surface area contributed by atoms with E-state index < -0.39 is 0 Å². The molecule has 1 fully saturated rings. The number of hydrogen-bond donors (Lipinski definition) is 1. The van der Waals surface area contributed by atoms with Crippen molar-refractivity contribution in [3.63, 3.8) is 0 Å². The van der Waals surface area contributed by atoms with Crippen molar-refractivity contribution in [2.24, 2.45) is 5.92 Å². The summed E-state index contributed by atoms with van der Waals surface area (Å²) in [6.45, 7) is 2.23. The molecule has 100 valence electrons. The van der Waals surface area contributed by atoms with Crippen LogP contribution < -0.4 is 5.32 Å². The summed E-state index contributed by atoms with van der Waals surface area (Å²) in [5.41, 5.74) is 2.92. The van der Waals surface area contributed by atoms with Gasteiger partial charge < -0.3 is 5.32 Å². The number of hydrogen-bond acceptors (Lipinski definition) is 1. The highest BCUT2D eigenvalue weighted by Crippen LogP contribution is 2.31. The number of aryl methyl sites for hydroxylation is 1. The van der Waals surface area contributed by atoms with Gasteiger partial charge in [0.1, 0.15) is 0 Å². The first-order valence-electron chi connectivity index (χ1n) is 7.59. The summed E-state index contributed by atoms with van der Waals surface area (Å²) in [6, 6.07) is 9.61. The van der Waals surface area contributed by atoms with Crippen LogP contribution >= 0.6 is 0 Å². The molecule has 2 rings (SSSR count). The van der Waals surface area contributed by atoms with Crippen molar-refractivity contribution in [3.8, 4) is 0 Å². The zero-order chi connectivity index (χ0) is 12.8. The van der Waals surface area contributed by atoms with Crippen molar-refractivity contribution in [2.75, 3.05) is 7.05 Å². The van der Waals surface area contributed by atoms with Crippen molar-refractivity contribution >= 4 is 0 Å². The fourth-order valence-corrected chi connectivity index (χ4v) is 3.21. The van der Waals surface area contributed by atoms with Gasteiger partial charge in [0, 0.05) is 6.04 Å². The molecule has 0 spiro atoms. The monoisotopic (exact) mass is 245 g/mol. The molecule has 1 heteroatoms. The van der Waals surface area contributed by atoms with Crippen molar-refractivity contribution in [1.29, 1.82) is 0 Å². The minimum absolute atomic E-state index is 0.539. The molecular formula is C17H27N. The van der Waals surface area contributed by atoms with Crippen molar-refractivity contribution < 1.29 is 0 Å². The Morgan fingerprint density at radius 3 is 2.72 bits per heavy atom. The molecule has 1 aromatic rings. The van der Waals surface area contributed by atoms with Gasteiger partial charge in [0.2, 0.25) is 0 Å². The van der Waals surface area contributed by atoms with Gasteiger partial charge in [-0.2, -0.15) is 0 Å². The first kappa shape index (κ1) is 13.6. The molecule has 18 heavy (non-hydrogen) atoms. The van der Waals surface area contributed by atoms with Crippen LogP contribution in [0.2, 0.25) is 0 Å². The van der Waals surface area contributed by atoms with Crippen molar-refractivity contribution in [1.82, 2.24) is 5.32 Å². The standard InChI is InChI=1S/C17H27N/c1-3-14-9-6-10-16(13-14)17(18-2)12-11-15-7-4-5-8-15/h6,9-10,13,15,17-18H,3-5,7-8,11-12H2,1-2H3. The van der Waals surface area contributed by atoms with Crippen LogP contribution in [0.5, 0.6) is 0 Å². The largest absolute Gasteiger partial charge is 0.313 e. The predicted octanol–water partition coefficient (Wildman–Crippen LogP) is 4.48. The van der Waals surface area contributed by atoms with Crippen molar-refractivity contribution in [2.45, 2.75) is 57.9 Å². The smallest absolute Gasteiger partial charge is 0.0317 e. The first-order chi connectivity index (χ1) is 8.83. The van der Waals surface area contributed by atoms with Gasteiger partial charge in [-0.25, -0.2) is 0 Å². The van der Waals surface area contributed by atoms with Gasteiger partial charge in [-0.05, 0) is 43.4 Å². The second-order valence-corrected chi connectivity index (χ2v) is 5.67. The molecule has 1 aromatic carbocycles. The van der Waals surface area contributed by atoms with Gasteiger partial charge in [0.05, 0.1) is 0 Å². The number of benzene rings is 1. The molecule has 1 unspecified atom stereocenters. The fraction of sp³-hybridized carbons (Fsp3) is 0.647. The molecule has 1 N–H and O–H groups in total. The average Bonchev–Trinajstić information content (AvgIpc) is 2.93. The fourth-order valence-electron chi connectivity index (χ4n) is 3.21. The van der Waals surface area contributed by atoms with Crippen LogP contribution in [0.4, 0.5) is 0 Å². The van der Waals surface area contributed by atoms with Gasteiger partial charge >= 0.3 is 0 Å². The summed E-state index contributed by atoms with van der Waals surface area (Å²) in [5.74, 6) is 0.996. The summed E-state index contributed by atoms with van der Waals surface area (Å²) in [6.07, 6.45) is 9.65. The normalized spacial score (nSPS) is 18.1. The summed E-state index contributed by atoms with van der Waals surface area (Å²) in [7, 11) is 2.10. The molecular weight excluding hydrogens is 218 g/mol. The third-order valence-corrected chi connectivity index (χ3v) is 4.45. The van der Waals surface area contributed by atoms with Crippen LogP contribution in [0, 0.1) is 5.92 Å². The van der Waals surface area contributed by atoms with Crippen LogP contribution in [-0.2, 0) is 6.42 Å². The van der Waals surface area contributed by atoms with E-state index in [1.54, 1.807) is 0 Å². The van der Waals surface area contributed by atoms with E-state index in [1.165, 1.54) is 49.7 Å². The van der Waals surface area contributed by atoms with Crippen LogP contribution in [0.1, 0.15) is 62.6 Å². The van der Waals surface area contributed by atoms with Gasteiger partial charge in [-0.15, -0.1) is 0 Å². The van der Waals surface area contributed by atoms with Gasteiger partial charge in [-0.3, -0.25) is 0 Å². The minimum atomic E-state index is 0.539. The molecule has 0 aromatic heterocycles. The Hall–Kier alpha value is -0.820. The van der Waals surface area contributed by atoms with Crippen LogP contribution in [-0.4, -0.2) is 7.05 Å². The summed E-state index contributed by atoms with van der Waals surface area (Å²) >= 11 is 0. The Morgan fingerprint density at radius 2 is 2.06 bits per heavy atom. The Bertz CT molecular complexity index is 352. The van der Waals surface area contributed by atoms with Gasteiger partial charge in [-0.1, -0.05) is 56.9 Å². The van der Waals surface area contributed by atoms with Crippen LogP contribution in [0.15, 0.2) is 24.3 Å². The van der Waals surface area contributed by atoms with Gasteiger partial charge in [0.15, 0.2) is 0 Å². The second-order valence-electron chi connectivity index (χ2n) is 5.67. The third kappa shape index (κ3) is 3.58. The Labute approximate surface area is 112 Å². The predicted molar refractivity (Wildman–Crippen MR) is 78.8 cm³/mol. The van der Waals surface area contributed by atoms with E-state index in [1.807, 2.05) is 0 Å². The zero-order valence-electron chi connectivity index (χ0n) is 11.9. The maximum Gasteiger partial charge on any atom is 0.0317 e. The van der Waals surface area contributed by atoms with E-state index in [9.17, 15) is 0 Å². The topological polar surface area (TPSA) is 12.0 Å². The molecule has 1 atom stereocenters. The molecule has 0 saturated heterocycles. The molecule has 1 aliphatic rings. The number of rotatable bonds is 6. The summed E-state index contributed by atoms with van der Waals surface area (Å²) in [5, 5.41) is 3.49. The van der Waals surface area contributed by atoms with E-state index in [0.717, 1.165) is 12.3 Å². The summed E-state index contributed by atoms with van der Waals surface area (Å²) < 4.78 is 0. The molecule has 0 heterocycles. The van der Waals surface area contributed by atoms with E-state index >= 15 is 0 Å². The van der Waals surface area contributed by atoms with E-state index in [0.29, 0.717) is 6.04 Å². The summed E-state index contributed by atoms with van der Waals surface area (Å²) in [4.78, 5) is 0. The molecule has 1 saturated carbocycles. The van der Waals surface area contributed by atoms with E-state index in [-0.39, 0.29) is 0 Å². The highest BCUT2D eigenvalue weighted by molar-refractivity contribution is 5.26. The van der Waals surface area contributed by atoms with E-state index in [2.05, 4.69) is 43.6 Å². The molecule has 0 bridgehead atoms. The SMILES string of the molecule is CCc1cccc(C(CCC2CCCC2)NC)c1. The molecule has 1 nitrogen and oxygen atoms in total. The van der Waals surface area contributed by atoms with Crippen molar-refractivity contribution in [3.05, 3.63) is 35.4 Å². The number of nitrogens with one attached hydrogen (secondary N) is 1. The Kier molecular flexibility index (Phi) is 5.25. The molecule has 0 amide bonds. The Balaban J connectivity index is 1.93. The second kappa shape index (κ2) is 6.94. The lowest BCUT2D eigenvalue weighted by Crippen LogP contribution is -2.17.